The standard InChI is InChI=1S/C18H17N4OS/c1-3-12-9-20-18(15-7-6-14(10-23)24-15)22-17(12)21-16(19)8-11(2)13-4-5-13/h1,6-9,13,23H,2,4-5,10,19H2/q-1/b16-8+. The quantitative estimate of drug-likeness (QED) is 0.624. The highest BCUT2D eigenvalue weighted by molar-refractivity contribution is 7.15. The van der Waals surface area contributed by atoms with Crippen molar-refractivity contribution in [1.82, 2.24) is 9.97 Å². The third-order valence-corrected chi connectivity index (χ3v) is 4.70. The summed E-state index contributed by atoms with van der Waals surface area (Å²) in [5.74, 6) is 4.24. The highest BCUT2D eigenvalue weighted by Gasteiger charge is 2.22. The van der Waals surface area contributed by atoms with E-state index in [1.807, 2.05) is 12.1 Å². The summed E-state index contributed by atoms with van der Waals surface area (Å²) >= 11 is 1.42. The van der Waals surface area contributed by atoms with Crippen molar-refractivity contribution < 1.29 is 5.11 Å². The molecule has 6 heteroatoms. The second-order valence-corrected chi connectivity index (χ2v) is 6.70. The first kappa shape index (κ1) is 16.2. The van der Waals surface area contributed by atoms with Crippen molar-refractivity contribution in [3.63, 3.8) is 0 Å². The lowest BCUT2D eigenvalue weighted by molar-refractivity contribution is 0.285. The number of nitrogens with zero attached hydrogens (tertiary/aromatic N) is 3. The molecular weight excluding hydrogens is 320 g/mol. The zero-order valence-corrected chi connectivity index (χ0v) is 13.9. The minimum Gasteiger partial charge on any atom is -0.455 e. The van der Waals surface area contributed by atoms with Crippen molar-refractivity contribution in [2.75, 3.05) is 0 Å². The lowest BCUT2D eigenvalue weighted by Crippen LogP contribution is -1.99. The minimum absolute atomic E-state index is 0.0106. The molecule has 1 aliphatic rings. The van der Waals surface area contributed by atoms with Crippen LogP contribution in [0.5, 0.6) is 0 Å². The van der Waals surface area contributed by atoms with E-state index in [1.165, 1.54) is 11.3 Å². The molecule has 24 heavy (non-hydrogen) atoms. The molecule has 0 bridgehead atoms. The molecule has 1 aliphatic carbocycles. The van der Waals surface area contributed by atoms with Gasteiger partial charge in [-0.3, -0.25) is 4.98 Å². The zero-order valence-electron chi connectivity index (χ0n) is 13.1. The number of aromatic nitrogens is 2. The minimum atomic E-state index is -0.0106. The van der Waals surface area contributed by atoms with Gasteiger partial charge in [0.1, 0.15) is 5.82 Å². The molecule has 2 aromatic heterocycles. The van der Waals surface area contributed by atoms with Crippen LogP contribution >= 0.6 is 11.3 Å². The number of aliphatic hydroxyl groups excluding tert-OH is 1. The number of hydrogen-bond acceptors (Lipinski definition) is 5. The molecule has 2 heterocycles. The van der Waals surface area contributed by atoms with E-state index in [9.17, 15) is 5.11 Å². The molecule has 0 aliphatic heterocycles. The van der Waals surface area contributed by atoms with Crippen molar-refractivity contribution in [2.24, 2.45) is 11.7 Å². The van der Waals surface area contributed by atoms with Gasteiger partial charge >= 0.3 is 0 Å². The molecule has 0 saturated heterocycles. The van der Waals surface area contributed by atoms with Crippen LogP contribution in [0.25, 0.3) is 16.0 Å². The van der Waals surface area contributed by atoms with E-state index in [4.69, 9.17) is 12.2 Å². The maximum Gasteiger partial charge on any atom is 0.101 e. The lowest BCUT2D eigenvalue weighted by atomic mass is 10.2. The molecule has 0 unspecified atom stereocenters. The van der Waals surface area contributed by atoms with Crippen LogP contribution in [0.15, 0.2) is 42.4 Å². The van der Waals surface area contributed by atoms with Crippen LogP contribution in [0.4, 0.5) is 5.82 Å². The highest BCUT2D eigenvalue weighted by atomic mass is 32.1. The number of thiophene rings is 1. The number of allylic oxidation sites excluding steroid dienone is 2. The summed E-state index contributed by atoms with van der Waals surface area (Å²) in [6.07, 6.45) is 11.1. The smallest absolute Gasteiger partial charge is 0.101 e. The molecule has 1 saturated carbocycles. The Bertz CT molecular complexity index is 843. The molecule has 122 valence electrons. The van der Waals surface area contributed by atoms with Crippen LogP contribution < -0.4 is 5.73 Å². The Kier molecular flexibility index (Phi) is 4.65. The Labute approximate surface area is 145 Å². The summed E-state index contributed by atoms with van der Waals surface area (Å²) in [5.41, 5.74) is 7.45. The molecule has 0 spiro atoms. The fourth-order valence-electron chi connectivity index (χ4n) is 2.18. The molecule has 3 rings (SSSR count). The van der Waals surface area contributed by atoms with Gasteiger partial charge in [-0.05, 0) is 42.8 Å². The van der Waals surface area contributed by atoms with Crippen LogP contribution in [-0.2, 0) is 6.61 Å². The monoisotopic (exact) mass is 337 g/mol. The van der Waals surface area contributed by atoms with Gasteiger partial charge in [0.2, 0.25) is 0 Å². The van der Waals surface area contributed by atoms with E-state index >= 15 is 0 Å². The molecule has 5 nitrogen and oxygen atoms in total. The van der Waals surface area contributed by atoms with Crippen molar-refractivity contribution in [2.45, 2.75) is 19.4 Å². The summed E-state index contributed by atoms with van der Waals surface area (Å²) < 4.78 is 0. The van der Waals surface area contributed by atoms with Gasteiger partial charge in [0, 0.05) is 16.9 Å². The van der Waals surface area contributed by atoms with Gasteiger partial charge in [0.15, 0.2) is 0 Å². The van der Waals surface area contributed by atoms with Crippen LogP contribution in [0, 0.1) is 18.3 Å². The Morgan fingerprint density at radius 1 is 1.54 bits per heavy atom. The summed E-state index contributed by atoms with van der Waals surface area (Å²) in [7, 11) is 0. The van der Waals surface area contributed by atoms with Gasteiger partial charge in [-0.25, -0.2) is 0 Å². The molecule has 3 N–H and O–H groups in total. The largest absolute Gasteiger partial charge is 0.455 e. The highest BCUT2D eigenvalue weighted by Crippen LogP contribution is 2.37. The summed E-state index contributed by atoms with van der Waals surface area (Å²) in [5, 5.41) is 13.5. The third kappa shape index (κ3) is 3.65. The van der Waals surface area contributed by atoms with E-state index in [2.05, 4.69) is 27.8 Å². The maximum atomic E-state index is 9.18. The predicted molar refractivity (Wildman–Crippen MR) is 96.4 cm³/mol. The van der Waals surface area contributed by atoms with Gasteiger partial charge in [-0.2, -0.15) is 0 Å². The Hall–Kier alpha value is -2.62. The van der Waals surface area contributed by atoms with Crippen LogP contribution in [-0.4, -0.2) is 15.1 Å². The molecular formula is C18H17N4OS-. The Balaban J connectivity index is 1.86. The van der Waals surface area contributed by atoms with Crippen LogP contribution in [0.3, 0.4) is 0 Å². The first-order valence-corrected chi connectivity index (χ1v) is 8.33. The van der Waals surface area contributed by atoms with Crippen molar-refractivity contribution in [1.29, 1.82) is 0 Å². The molecule has 1 fully saturated rings. The fourth-order valence-corrected chi connectivity index (χ4v) is 2.99. The van der Waals surface area contributed by atoms with Gasteiger partial charge in [-0.1, -0.05) is 18.1 Å². The maximum absolute atomic E-state index is 9.18. The summed E-state index contributed by atoms with van der Waals surface area (Å²) in [4.78, 5) is 10.4. The molecule has 0 radical (unpaired) electrons. The van der Waals surface area contributed by atoms with Crippen molar-refractivity contribution in [3.8, 4) is 23.0 Å². The van der Waals surface area contributed by atoms with Gasteiger partial charge in [0.25, 0.3) is 0 Å². The molecule has 0 amide bonds. The molecule has 2 aromatic rings. The van der Waals surface area contributed by atoms with Gasteiger partial charge < -0.3 is 21.1 Å². The zero-order chi connectivity index (χ0) is 17.1. The number of aliphatic hydroxyl groups is 1. The first-order chi connectivity index (χ1) is 11.6. The van der Waals surface area contributed by atoms with Crippen LogP contribution in [0.1, 0.15) is 23.3 Å². The van der Waals surface area contributed by atoms with E-state index in [0.29, 0.717) is 28.9 Å². The average molecular weight is 337 g/mol. The third-order valence-electron chi connectivity index (χ3n) is 3.63. The first-order valence-electron chi connectivity index (χ1n) is 7.52. The lowest BCUT2D eigenvalue weighted by Gasteiger charge is -2.16. The average Bonchev–Trinajstić information content (AvgIpc) is 3.32. The molecule has 0 atom stereocenters. The van der Waals surface area contributed by atoms with Gasteiger partial charge in [-0.15, -0.1) is 17.8 Å². The van der Waals surface area contributed by atoms with Crippen LogP contribution in [0.2, 0.25) is 0 Å². The van der Waals surface area contributed by atoms with E-state index in [1.54, 1.807) is 12.3 Å². The summed E-state index contributed by atoms with van der Waals surface area (Å²) in [6, 6.07) is 3.70. The number of terminal acetylenes is 1. The van der Waals surface area contributed by atoms with E-state index in [0.717, 1.165) is 28.2 Å². The number of rotatable bonds is 6. The van der Waals surface area contributed by atoms with E-state index in [-0.39, 0.29) is 6.61 Å². The van der Waals surface area contributed by atoms with Crippen molar-refractivity contribution in [3.05, 3.63) is 58.1 Å². The SMILES string of the molecule is C#Cc1cnc(-c2ccc(CO)s2)nc1[N-]/C(N)=C/C(=C)C1CC1. The second kappa shape index (κ2) is 6.87. The normalized spacial score (nSPS) is 14.2. The van der Waals surface area contributed by atoms with Gasteiger partial charge in [0.05, 0.1) is 17.0 Å². The topological polar surface area (TPSA) is 86.1 Å². The number of nitrogens with two attached hydrogens (primary N) is 1. The number of hydrogen-bond donors (Lipinski definition) is 2. The fraction of sp³-hybridized carbons (Fsp3) is 0.222. The Morgan fingerprint density at radius 3 is 2.96 bits per heavy atom. The van der Waals surface area contributed by atoms with E-state index < -0.39 is 0 Å². The molecule has 0 aromatic carbocycles. The summed E-state index contributed by atoms with van der Waals surface area (Å²) in [6.45, 7) is 4.00. The predicted octanol–water partition coefficient (Wildman–Crippen LogP) is 3.45. The second-order valence-electron chi connectivity index (χ2n) is 5.53. The Morgan fingerprint density at radius 2 is 2.33 bits per heavy atom. The van der Waals surface area contributed by atoms with Crippen molar-refractivity contribution >= 4 is 17.2 Å².